The van der Waals surface area contributed by atoms with E-state index in [9.17, 15) is 4.79 Å². The smallest absolute Gasteiger partial charge is 0.255 e. The van der Waals surface area contributed by atoms with Crippen LogP contribution in [0.1, 0.15) is 39.9 Å². The molecule has 1 amide bonds. The summed E-state index contributed by atoms with van der Waals surface area (Å²) in [6, 6.07) is 8.16. The van der Waals surface area contributed by atoms with Gasteiger partial charge in [0.1, 0.15) is 5.84 Å². The van der Waals surface area contributed by atoms with Gasteiger partial charge in [-0.3, -0.25) is 14.8 Å². The molecule has 4 rings (SSSR count). The van der Waals surface area contributed by atoms with Gasteiger partial charge in [0.2, 0.25) is 0 Å². The lowest BCUT2D eigenvalue weighted by Gasteiger charge is -2.26. The highest BCUT2D eigenvalue weighted by Gasteiger charge is 2.19. The van der Waals surface area contributed by atoms with E-state index in [1.807, 2.05) is 0 Å². The Morgan fingerprint density at radius 2 is 2.08 bits per heavy atom. The van der Waals surface area contributed by atoms with Crippen LogP contribution in [0, 0.1) is 5.41 Å². The number of carbonyl (C=O) groups excluding carboxylic acids is 1. The molecule has 1 aromatic carbocycles. The number of amides is 1. The molecule has 1 fully saturated rings. The number of amidine groups is 1. The van der Waals surface area contributed by atoms with E-state index in [1.165, 1.54) is 11.1 Å². The second kappa shape index (κ2) is 12.8. The fraction of sp³-hybridized carbons (Fsp3) is 0.333. The second-order valence-corrected chi connectivity index (χ2v) is 8.65. The maximum absolute atomic E-state index is 12.7. The van der Waals surface area contributed by atoms with E-state index in [4.69, 9.17) is 16.0 Å². The summed E-state index contributed by atoms with van der Waals surface area (Å²) in [4.78, 5) is 23.1. The van der Waals surface area contributed by atoms with Crippen LogP contribution in [0.5, 0.6) is 0 Å². The molecular formula is C27H33N7O2. The Morgan fingerprint density at radius 1 is 1.25 bits per heavy atom. The Hall–Kier alpha value is -3.82. The first-order valence-electron chi connectivity index (χ1n) is 12.2. The number of nitrogens with one attached hydrogen (secondary N) is 3. The Bertz CT molecular complexity index is 1170. The van der Waals surface area contributed by atoms with Gasteiger partial charge in [0.15, 0.2) is 0 Å². The normalized spacial score (nSPS) is 15.8. The minimum Gasteiger partial charge on any atom is -0.384 e. The van der Waals surface area contributed by atoms with Gasteiger partial charge in [0, 0.05) is 49.7 Å². The first-order valence-corrected chi connectivity index (χ1v) is 12.2. The Morgan fingerprint density at radius 3 is 2.92 bits per heavy atom. The number of ether oxygens (including phenoxy) is 1. The van der Waals surface area contributed by atoms with E-state index in [0.29, 0.717) is 56.2 Å². The molecule has 0 saturated carbocycles. The lowest BCUT2D eigenvalue weighted by Crippen LogP contribution is -2.40. The zero-order valence-electron chi connectivity index (χ0n) is 20.4. The summed E-state index contributed by atoms with van der Waals surface area (Å²) in [5.74, 6) is 6.30. The lowest BCUT2D eigenvalue weighted by atomic mass is 10.0. The molecule has 5 N–H and O–H groups in total. The predicted molar refractivity (Wildman–Crippen MR) is 143 cm³/mol. The number of hydrazine groups is 1. The molecule has 9 nitrogen and oxygen atoms in total. The van der Waals surface area contributed by atoms with Crippen molar-refractivity contribution in [3.05, 3.63) is 77.1 Å². The average Bonchev–Trinajstić information content (AvgIpc) is 3.17. The molecule has 0 spiro atoms. The molecule has 2 aromatic rings. The van der Waals surface area contributed by atoms with E-state index in [0.717, 1.165) is 25.1 Å². The zero-order chi connectivity index (χ0) is 25.2. The van der Waals surface area contributed by atoms with Crippen molar-refractivity contribution in [2.24, 2.45) is 10.8 Å². The summed E-state index contributed by atoms with van der Waals surface area (Å²) in [7, 11) is 0. The highest BCUT2D eigenvalue weighted by Crippen LogP contribution is 2.22. The van der Waals surface area contributed by atoms with Crippen LogP contribution in [-0.2, 0) is 11.2 Å². The maximum Gasteiger partial charge on any atom is 0.255 e. The van der Waals surface area contributed by atoms with Gasteiger partial charge in [0.25, 0.3) is 5.91 Å². The maximum atomic E-state index is 12.7. The number of aryl methyl sites for hydroxylation is 1. The van der Waals surface area contributed by atoms with Crippen molar-refractivity contribution in [3.8, 4) is 0 Å². The van der Waals surface area contributed by atoms with Crippen LogP contribution < -0.4 is 16.6 Å². The van der Waals surface area contributed by atoms with Gasteiger partial charge in [0.05, 0.1) is 31.0 Å². The van der Waals surface area contributed by atoms with Crippen molar-refractivity contribution in [3.63, 3.8) is 0 Å². The predicted octanol–water partition coefficient (Wildman–Crippen LogP) is 2.80. The van der Waals surface area contributed by atoms with Gasteiger partial charge in [-0.15, -0.1) is 0 Å². The number of hydrogen-bond acceptors (Lipinski definition) is 7. The number of rotatable bonds is 8. The topological polar surface area (TPSA) is 129 Å². The van der Waals surface area contributed by atoms with Crippen molar-refractivity contribution >= 4 is 29.2 Å². The Labute approximate surface area is 211 Å². The van der Waals surface area contributed by atoms with Crippen molar-refractivity contribution in [1.82, 2.24) is 15.3 Å². The lowest BCUT2D eigenvalue weighted by molar-refractivity contribution is 0.0302. The number of nitrogens with zero attached hydrogens (tertiary/aromatic N) is 3. The quantitative estimate of drug-likeness (QED) is 0.196. The van der Waals surface area contributed by atoms with Gasteiger partial charge >= 0.3 is 0 Å². The van der Waals surface area contributed by atoms with Gasteiger partial charge in [-0.25, -0.2) is 5.84 Å². The molecule has 0 bridgehead atoms. The molecule has 9 heteroatoms. The molecule has 1 aromatic heterocycles. The molecule has 2 aliphatic heterocycles. The van der Waals surface area contributed by atoms with Gasteiger partial charge in [-0.05, 0) is 48.2 Å². The molecule has 0 atom stereocenters. The van der Waals surface area contributed by atoms with E-state index < -0.39 is 0 Å². The van der Waals surface area contributed by atoms with Gasteiger partial charge < -0.3 is 25.8 Å². The highest BCUT2D eigenvalue weighted by atomic mass is 16.5. The van der Waals surface area contributed by atoms with Crippen LogP contribution in [0.2, 0.25) is 0 Å². The van der Waals surface area contributed by atoms with Gasteiger partial charge in [-0.1, -0.05) is 24.3 Å². The summed E-state index contributed by atoms with van der Waals surface area (Å²) in [6.45, 7) is 3.56. The number of hydrogen-bond donors (Lipinski definition) is 4. The minimum atomic E-state index is -0.0885. The molecule has 36 heavy (non-hydrogen) atoms. The van der Waals surface area contributed by atoms with E-state index in [1.54, 1.807) is 35.5 Å². The van der Waals surface area contributed by atoms with Crippen LogP contribution >= 0.6 is 0 Å². The molecular weight excluding hydrogens is 454 g/mol. The fourth-order valence-electron chi connectivity index (χ4n) is 4.11. The monoisotopic (exact) mass is 487 g/mol. The number of fused-ring (bicyclic) bond motifs is 1. The summed E-state index contributed by atoms with van der Waals surface area (Å²) < 4.78 is 5.31. The van der Waals surface area contributed by atoms with Crippen molar-refractivity contribution in [2.75, 3.05) is 44.7 Å². The summed E-state index contributed by atoms with van der Waals surface area (Å²) in [5, 5.41) is 11.8. The van der Waals surface area contributed by atoms with Crippen LogP contribution in [-0.4, -0.2) is 66.7 Å². The molecule has 3 heterocycles. The summed E-state index contributed by atoms with van der Waals surface area (Å²) in [6.07, 6.45) is 13.5. The number of aromatic nitrogens is 1. The van der Waals surface area contributed by atoms with E-state index in [-0.39, 0.29) is 11.6 Å². The number of pyridine rings is 1. The number of benzene rings is 1. The standard InChI is InChI=1S/C27H33N7O2/c28-24(22-17-23(19-30-18-22)27(35)34-12-14-36-15-13-34)5-3-11-32-26(33-29)9-7-20-6-8-25-21(16-20)4-1-2-10-31-25/h1,3-6,8,16-19,28,31H,2,7,9-15,29H2,(H,32,33)/b5-3-,28-24?. The van der Waals surface area contributed by atoms with Crippen molar-refractivity contribution in [1.29, 1.82) is 5.41 Å². The Kier molecular flexibility index (Phi) is 8.96. The van der Waals surface area contributed by atoms with Crippen molar-refractivity contribution in [2.45, 2.75) is 19.3 Å². The van der Waals surface area contributed by atoms with Crippen LogP contribution in [0.3, 0.4) is 0 Å². The molecule has 1 saturated heterocycles. The Balaban J connectivity index is 1.30. The molecule has 0 radical (unpaired) electrons. The van der Waals surface area contributed by atoms with Crippen LogP contribution in [0.25, 0.3) is 6.08 Å². The molecule has 2 aliphatic rings. The fourth-order valence-corrected chi connectivity index (χ4v) is 4.11. The van der Waals surface area contributed by atoms with Crippen LogP contribution in [0.4, 0.5) is 5.69 Å². The number of anilines is 1. The molecule has 0 aliphatic carbocycles. The second-order valence-electron chi connectivity index (χ2n) is 8.65. The number of morpholine rings is 1. The number of carbonyl (C=O) groups is 1. The SMILES string of the molecule is N=C(/C=C\CN=C(CCc1ccc2c(c1)C=CCCN2)NN)c1cncc(C(=O)N2CCOCC2)c1. The van der Waals surface area contributed by atoms with Crippen LogP contribution in [0.15, 0.2) is 59.9 Å². The number of allylic oxidation sites excluding steroid dienone is 1. The van der Waals surface area contributed by atoms with E-state index >= 15 is 0 Å². The third-order valence-corrected chi connectivity index (χ3v) is 6.12. The first-order chi connectivity index (χ1) is 17.6. The van der Waals surface area contributed by atoms with E-state index in [2.05, 4.69) is 51.1 Å². The largest absolute Gasteiger partial charge is 0.384 e. The van der Waals surface area contributed by atoms with Crippen molar-refractivity contribution < 1.29 is 9.53 Å². The summed E-state index contributed by atoms with van der Waals surface area (Å²) in [5.41, 5.74) is 7.61. The average molecular weight is 488 g/mol. The molecule has 188 valence electrons. The third kappa shape index (κ3) is 6.87. The number of aliphatic imine (C=N–C) groups is 1. The summed E-state index contributed by atoms with van der Waals surface area (Å²) >= 11 is 0. The highest BCUT2D eigenvalue weighted by molar-refractivity contribution is 6.07. The molecule has 0 unspecified atom stereocenters. The number of nitrogens with two attached hydrogens (primary N) is 1. The zero-order valence-corrected chi connectivity index (χ0v) is 20.4. The minimum absolute atomic E-state index is 0.0885. The first kappa shape index (κ1) is 25.3. The third-order valence-electron chi connectivity index (χ3n) is 6.12. The van der Waals surface area contributed by atoms with Gasteiger partial charge in [-0.2, -0.15) is 0 Å².